The lowest BCUT2D eigenvalue weighted by molar-refractivity contribution is 0.494. The van der Waals surface area contributed by atoms with Gasteiger partial charge in [-0.05, 0) is 36.8 Å². The van der Waals surface area contributed by atoms with Crippen molar-refractivity contribution in [2.45, 2.75) is 39.2 Å². The van der Waals surface area contributed by atoms with Gasteiger partial charge in [-0.1, -0.05) is 48.0 Å². The molecule has 1 atom stereocenters. The second-order valence-corrected chi connectivity index (χ2v) is 5.38. The molecule has 2 heteroatoms. The van der Waals surface area contributed by atoms with Gasteiger partial charge in [-0.2, -0.15) is 0 Å². The monoisotopic (exact) mass is 269 g/mol. The second kappa shape index (κ2) is 6.29. The fraction of sp³-hybridized carbons (Fsp3) is 0.538. The topological polar surface area (TPSA) is 26.0 Å². The predicted octanol–water partition coefficient (Wildman–Crippen LogP) is 3.76. The molecule has 84 valence electrons. The van der Waals surface area contributed by atoms with Gasteiger partial charge < -0.3 is 5.73 Å². The standard InChI is InChI=1S/C13H20BrN/c1-10(2)7-8-12(15)9-11-5-3-4-6-13(11)14/h3-6,10,12H,7-9,15H2,1-2H3. The van der Waals surface area contributed by atoms with Crippen LogP contribution in [0.25, 0.3) is 0 Å². The molecule has 0 saturated carbocycles. The molecule has 0 heterocycles. The van der Waals surface area contributed by atoms with Crippen LogP contribution < -0.4 is 5.73 Å². The van der Waals surface area contributed by atoms with E-state index < -0.39 is 0 Å². The highest BCUT2D eigenvalue weighted by molar-refractivity contribution is 9.10. The molecule has 1 nitrogen and oxygen atoms in total. The zero-order chi connectivity index (χ0) is 11.3. The summed E-state index contributed by atoms with van der Waals surface area (Å²) < 4.78 is 1.17. The molecule has 0 amide bonds. The highest BCUT2D eigenvalue weighted by Gasteiger charge is 2.07. The predicted molar refractivity (Wildman–Crippen MR) is 69.9 cm³/mol. The van der Waals surface area contributed by atoms with Gasteiger partial charge in [-0.25, -0.2) is 0 Å². The van der Waals surface area contributed by atoms with Crippen molar-refractivity contribution < 1.29 is 0 Å². The minimum atomic E-state index is 0.283. The van der Waals surface area contributed by atoms with Gasteiger partial charge in [0.1, 0.15) is 0 Å². The normalized spacial score (nSPS) is 13.1. The molecule has 1 aromatic rings. The van der Waals surface area contributed by atoms with Crippen molar-refractivity contribution in [2.75, 3.05) is 0 Å². The molecule has 1 unspecified atom stereocenters. The fourth-order valence-corrected chi connectivity index (χ4v) is 2.04. The molecule has 2 N–H and O–H groups in total. The van der Waals surface area contributed by atoms with E-state index in [0.29, 0.717) is 0 Å². The van der Waals surface area contributed by atoms with Gasteiger partial charge in [0.25, 0.3) is 0 Å². The van der Waals surface area contributed by atoms with Crippen molar-refractivity contribution in [3.63, 3.8) is 0 Å². The number of hydrogen-bond donors (Lipinski definition) is 1. The number of halogens is 1. The number of nitrogens with two attached hydrogens (primary N) is 1. The molecule has 0 aliphatic heterocycles. The van der Waals surface area contributed by atoms with E-state index in [9.17, 15) is 0 Å². The van der Waals surface area contributed by atoms with Crippen molar-refractivity contribution in [2.24, 2.45) is 11.7 Å². The average Bonchev–Trinajstić information content (AvgIpc) is 2.18. The Labute approximate surface area is 101 Å². The lowest BCUT2D eigenvalue weighted by atomic mass is 9.99. The van der Waals surface area contributed by atoms with Crippen LogP contribution in [-0.4, -0.2) is 6.04 Å². The first-order valence-corrected chi connectivity index (χ1v) is 6.38. The van der Waals surface area contributed by atoms with Gasteiger partial charge in [0.05, 0.1) is 0 Å². The van der Waals surface area contributed by atoms with Crippen LogP contribution in [0.4, 0.5) is 0 Å². The van der Waals surface area contributed by atoms with Crippen LogP contribution in [0, 0.1) is 5.92 Å². The lowest BCUT2D eigenvalue weighted by Gasteiger charge is -2.13. The van der Waals surface area contributed by atoms with Crippen molar-refractivity contribution >= 4 is 15.9 Å². The Morgan fingerprint density at radius 3 is 2.47 bits per heavy atom. The molecule has 1 rings (SSSR count). The number of hydrogen-bond acceptors (Lipinski definition) is 1. The van der Waals surface area contributed by atoms with Crippen molar-refractivity contribution in [3.05, 3.63) is 34.3 Å². The highest BCUT2D eigenvalue weighted by atomic mass is 79.9. The summed E-state index contributed by atoms with van der Waals surface area (Å²) >= 11 is 3.55. The largest absolute Gasteiger partial charge is 0.327 e. The molecule has 0 spiro atoms. The summed E-state index contributed by atoms with van der Waals surface area (Å²) in [6.45, 7) is 4.48. The summed E-state index contributed by atoms with van der Waals surface area (Å²) in [6.07, 6.45) is 3.29. The number of benzene rings is 1. The third kappa shape index (κ3) is 4.80. The Kier molecular flexibility index (Phi) is 5.34. The molecule has 0 aliphatic rings. The van der Waals surface area contributed by atoms with Gasteiger partial charge in [0.2, 0.25) is 0 Å². The molecule has 0 radical (unpaired) electrons. The highest BCUT2D eigenvalue weighted by Crippen LogP contribution is 2.18. The summed E-state index contributed by atoms with van der Waals surface area (Å²) in [5, 5.41) is 0. The first kappa shape index (κ1) is 12.7. The van der Waals surface area contributed by atoms with E-state index in [-0.39, 0.29) is 6.04 Å². The van der Waals surface area contributed by atoms with E-state index in [4.69, 9.17) is 5.73 Å². The Morgan fingerprint density at radius 1 is 1.20 bits per heavy atom. The summed E-state index contributed by atoms with van der Waals surface area (Å²) in [6, 6.07) is 8.60. The maximum atomic E-state index is 6.10. The Morgan fingerprint density at radius 2 is 1.87 bits per heavy atom. The van der Waals surface area contributed by atoms with E-state index in [0.717, 1.165) is 18.8 Å². The van der Waals surface area contributed by atoms with Crippen molar-refractivity contribution in [1.82, 2.24) is 0 Å². The van der Waals surface area contributed by atoms with E-state index in [2.05, 4.69) is 48.0 Å². The number of rotatable bonds is 5. The molecule has 0 aliphatic carbocycles. The molecule has 1 aromatic carbocycles. The Hall–Kier alpha value is -0.340. The van der Waals surface area contributed by atoms with Gasteiger partial charge >= 0.3 is 0 Å². The summed E-state index contributed by atoms with van der Waals surface area (Å²) in [4.78, 5) is 0. The molecule has 15 heavy (non-hydrogen) atoms. The lowest BCUT2D eigenvalue weighted by Crippen LogP contribution is -2.23. The smallest absolute Gasteiger partial charge is 0.0207 e. The molecular weight excluding hydrogens is 250 g/mol. The maximum absolute atomic E-state index is 6.10. The molecule has 0 saturated heterocycles. The zero-order valence-electron chi connectivity index (χ0n) is 9.54. The Balaban J connectivity index is 2.44. The van der Waals surface area contributed by atoms with Gasteiger partial charge in [0, 0.05) is 10.5 Å². The van der Waals surface area contributed by atoms with Gasteiger partial charge in [-0.3, -0.25) is 0 Å². The third-order valence-corrected chi connectivity index (χ3v) is 3.33. The second-order valence-electron chi connectivity index (χ2n) is 4.53. The van der Waals surface area contributed by atoms with Crippen LogP contribution in [0.2, 0.25) is 0 Å². The first-order chi connectivity index (χ1) is 7.09. The first-order valence-electron chi connectivity index (χ1n) is 5.58. The zero-order valence-corrected chi connectivity index (χ0v) is 11.1. The van der Waals surface area contributed by atoms with E-state index >= 15 is 0 Å². The maximum Gasteiger partial charge on any atom is 0.0207 e. The molecule has 0 bridgehead atoms. The molecule has 0 aromatic heterocycles. The third-order valence-electron chi connectivity index (χ3n) is 2.55. The van der Waals surface area contributed by atoms with Crippen molar-refractivity contribution in [3.8, 4) is 0 Å². The summed E-state index contributed by atoms with van der Waals surface area (Å²) in [5.74, 6) is 0.746. The van der Waals surface area contributed by atoms with E-state index in [1.807, 2.05) is 6.07 Å². The van der Waals surface area contributed by atoms with Crippen LogP contribution in [0.1, 0.15) is 32.3 Å². The quantitative estimate of drug-likeness (QED) is 0.866. The average molecular weight is 270 g/mol. The minimum Gasteiger partial charge on any atom is -0.327 e. The van der Waals surface area contributed by atoms with E-state index in [1.165, 1.54) is 16.5 Å². The molecular formula is C13H20BrN. The van der Waals surface area contributed by atoms with Crippen LogP contribution >= 0.6 is 15.9 Å². The summed E-state index contributed by atoms with van der Waals surface area (Å²) in [7, 11) is 0. The van der Waals surface area contributed by atoms with Gasteiger partial charge in [-0.15, -0.1) is 0 Å². The van der Waals surface area contributed by atoms with Crippen molar-refractivity contribution in [1.29, 1.82) is 0 Å². The van der Waals surface area contributed by atoms with Crippen LogP contribution in [0.5, 0.6) is 0 Å². The van der Waals surface area contributed by atoms with Crippen LogP contribution in [0.15, 0.2) is 28.7 Å². The minimum absolute atomic E-state index is 0.283. The van der Waals surface area contributed by atoms with E-state index in [1.54, 1.807) is 0 Å². The van der Waals surface area contributed by atoms with Crippen LogP contribution in [0.3, 0.4) is 0 Å². The molecule has 0 fully saturated rings. The SMILES string of the molecule is CC(C)CCC(N)Cc1ccccc1Br. The fourth-order valence-electron chi connectivity index (χ4n) is 1.60. The summed E-state index contributed by atoms with van der Waals surface area (Å²) in [5.41, 5.74) is 7.42. The Bertz CT molecular complexity index is 296. The van der Waals surface area contributed by atoms with Gasteiger partial charge in [0.15, 0.2) is 0 Å². The van der Waals surface area contributed by atoms with Crippen LogP contribution in [-0.2, 0) is 6.42 Å².